The minimum atomic E-state index is -3.16. The molecule has 1 aromatic rings. The van der Waals surface area contributed by atoms with Crippen LogP contribution in [0.2, 0.25) is 0 Å². The van der Waals surface area contributed by atoms with Crippen LogP contribution in [0.25, 0.3) is 0 Å². The lowest BCUT2D eigenvalue weighted by Gasteiger charge is -2.20. The van der Waals surface area contributed by atoms with Gasteiger partial charge in [0.15, 0.2) is 11.5 Å². The van der Waals surface area contributed by atoms with Crippen molar-refractivity contribution in [1.29, 1.82) is 0 Å². The number of hydrogen-bond donors (Lipinski definition) is 0. The molecule has 0 fully saturated rings. The average Bonchev–Trinajstić information content (AvgIpc) is 2.27. The number of fused-ring (bicyclic) bond motifs is 1. The molecule has 0 amide bonds. The Labute approximate surface area is 101 Å². The molecular weight excluding hydrogens is 242 g/mol. The van der Waals surface area contributed by atoms with Crippen LogP contribution in [-0.2, 0) is 16.6 Å². The summed E-state index contributed by atoms with van der Waals surface area (Å²) in [6.45, 7) is 1.41. The monoisotopic (exact) mass is 257 g/mol. The highest BCUT2D eigenvalue weighted by molar-refractivity contribution is 7.88. The Balaban J connectivity index is 2.18. The van der Waals surface area contributed by atoms with E-state index in [0.717, 1.165) is 5.56 Å². The van der Waals surface area contributed by atoms with Gasteiger partial charge in [-0.25, -0.2) is 12.7 Å². The second-order valence-corrected chi connectivity index (χ2v) is 6.09. The number of ether oxygens (including phenoxy) is 2. The smallest absolute Gasteiger partial charge is 0.211 e. The Kier molecular flexibility index (Phi) is 3.26. The van der Waals surface area contributed by atoms with E-state index in [1.807, 2.05) is 12.1 Å². The number of rotatable bonds is 3. The van der Waals surface area contributed by atoms with Crippen LogP contribution in [0.1, 0.15) is 5.56 Å². The van der Waals surface area contributed by atoms with Gasteiger partial charge in [-0.1, -0.05) is 6.07 Å². The molecule has 0 aromatic heterocycles. The van der Waals surface area contributed by atoms with Crippen LogP contribution in [-0.4, -0.2) is 39.2 Å². The highest BCUT2D eigenvalue weighted by Gasteiger charge is 2.15. The number of nitrogens with zero attached hydrogens (tertiary/aromatic N) is 1. The van der Waals surface area contributed by atoms with Crippen molar-refractivity contribution >= 4 is 10.0 Å². The lowest BCUT2D eigenvalue weighted by atomic mass is 10.2. The van der Waals surface area contributed by atoms with Crippen LogP contribution >= 0.6 is 0 Å². The lowest BCUT2D eigenvalue weighted by Crippen LogP contribution is -2.25. The van der Waals surface area contributed by atoms with Crippen LogP contribution in [0.5, 0.6) is 11.5 Å². The van der Waals surface area contributed by atoms with Gasteiger partial charge in [-0.3, -0.25) is 0 Å². The van der Waals surface area contributed by atoms with Crippen molar-refractivity contribution in [2.45, 2.75) is 6.54 Å². The summed E-state index contributed by atoms with van der Waals surface area (Å²) in [6.07, 6.45) is 1.19. The van der Waals surface area contributed by atoms with Gasteiger partial charge in [0, 0.05) is 13.6 Å². The van der Waals surface area contributed by atoms with Crippen molar-refractivity contribution in [3.8, 4) is 11.5 Å². The molecule has 1 heterocycles. The fourth-order valence-electron chi connectivity index (χ4n) is 1.56. The SMILES string of the molecule is CN(Cc1ccc2c(c1)OCCO2)S(C)(=O)=O. The molecule has 0 N–H and O–H groups in total. The molecule has 0 saturated carbocycles. The first-order chi connectivity index (χ1) is 7.97. The largest absolute Gasteiger partial charge is 0.486 e. The fraction of sp³-hybridized carbons (Fsp3) is 0.455. The van der Waals surface area contributed by atoms with Gasteiger partial charge in [-0.05, 0) is 17.7 Å². The molecule has 0 bridgehead atoms. The van der Waals surface area contributed by atoms with Gasteiger partial charge in [0.05, 0.1) is 6.26 Å². The zero-order valence-corrected chi connectivity index (χ0v) is 10.7. The molecule has 0 atom stereocenters. The van der Waals surface area contributed by atoms with E-state index in [1.165, 1.54) is 10.6 Å². The van der Waals surface area contributed by atoms with E-state index in [-0.39, 0.29) is 0 Å². The van der Waals surface area contributed by atoms with Crippen LogP contribution in [0.4, 0.5) is 0 Å². The van der Waals surface area contributed by atoms with Gasteiger partial charge < -0.3 is 9.47 Å². The van der Waals surface area contributed by atoms with Gasteiger partial charge in [0.2, 0.25) is 10.0 Å². The first-order valence-corrected chi connectivity index (χ1v) is 7.11. The summed E-state index contributed by atoms with van der Waals surface area (Å²) >= 11 is 0. The molecular formula is C11H15NO4S. The topological polar surface area (TPSA) is 55.8 Å². The van der Waals surface area contributed by atoms with Gasteiger partial charge in [-0.15, -0.1) is 0 Å². The predicted molar refractivity (Wildman–Crippen MR) is 63.7 cm³/mol. The standard InChI is InChI=1S/C11H15NO4S/c1-12(17(2,13)14)8-9-3-4-10-11(7-9)16-6-5-15-10/h3-4,7H,5-6,8H2,1-2H3. The lowest BCUT2D eigenvalue weighted by molar-refractivity contribution is 0.171. The van der Waals surface area contributed by atoms with E-state index < -0.39 is 10.0 Å². The zero-order chi connectivity index (χ0) is 12.5. The molecule has 0 radical (unpaired) electrons. The normalized spacial score (nSPS) is 15.0. The van der Waals surface area contributed by atoms with Crippen molar-refractivity contribution in [3.63, 3.8) is 0 Å². The zero-order valence-electron chi connectivity index (χ0n) is 9.84. The second kappa shape index (κ2) is 4.54. The third-order valence-electron chi connectivity index (χ3n) is 2.58. The molecule has 0 saturated heterocycles. The Morgan fingerprint density at radius 2 is 1.88 bits per heavy atom. The fourth-order valence-corrected chi connectivity index (χ4v) is 1.94. The highest BCUT2D eigenvalue weighted by Crippen LogP contribution is 2.31. The summed E-state index contributed by atoms with van der Waals surface area (Å²) in [5, 5.41) is 0. The second-order valence-electron chi connectivity index (χ2n) is 4.00. The van der Waals surface area contributed by atoms with Crippen LogP contribution in [0.3, 0.4) is 0 Å². The summed E-state index contributed by atoms with van der Waals surface area (Å²) in [7, 11) is -1.61. The van der Waals surface area contributed by atoms with Gasteiger partial charge >= 0.3 is 0 Å². The maximum Gasteiger partial charge on any atom is 0.211 e. The Morgan fingerprint density at radius 1 is 1.24 bits per heavy atom. The first kappa shape index (κ1) is 12.2. The molecule has 1 aromatic carbocycles. The van der Waals surface area contributed by atoms with Gasteiger partial charge in [0.25, 0.3) is 0 Å². The van der Waals surface area contributed by atoms with Crippen LogP contribution < -0.4 is 9.47 Å². The van der Waals surface area contributed by atoms with Crippen molar-refractivity contribution in [1.82, 2.24) is 4.31 Å². The van der Waals surface area contributed by atoms with E-state index in [9.17, 15) is 8.42 Å². The Bertz CT molecular complexity index is 512. The number of hydrogen-bond acceptors (Lipinski definition) is 4. The minimum absolute atomic E-state index is 0.329. The molecule has 17 heavy (non-hydrogen) atoms. The minimum Gasteiger partial charge on any atom is -0.486 e. The first-order valence-electron chi connectivity index (χ1n) is 5.26. The molecule has 0 spiro atoms. The molecule has 1 aliphatic rings. The maximum absolute atomic E-state index is 11.3. The number of benzene rings is 1. The molecule has 5 nitrogen and oxygen atoms in total. The highest BCUT2D eigenvalue weighted by atomic mass is 32.2. The summed E-state index contributed by atoms with van der Waals surface area (Å²) < 4.78 is 34.7. The van der Waals surface area contributed by atoms with Crippen molar-refractivity contribution in [2.75, 3.05) is 26.5 Å². The summed E-state index contributed by atoms with van der Waals surface area (Å²) in [4.78, 5) is 0. The quantitative estimate of drug-likeness (QED) is 0.805. The van der Waals surface area contributed by atoms with Crippen molar-refractivity contribution in [2.24, 2.45) is 0 Å². The molecule has 1 aliphatic heterocycles. The maximum atomic E-state index is 11.3. The van der Waals surface area contributed by atoms with E-state index in [0.29, 0.717) is 31.3 Å². The van der Waals surface area contributed by atoms with Gasteiger partial charge in [0.1, 0.15) is 13.2 Å². The number of sulfonamides is 1. The average molecular weight is 257 g/mol. The summed E-state index contributed by atoms with van der Waals surface area (Å²) in [6, 6.07) is 5.46. The Hall–Kier alpha value is -1.27. The molecule has 0 unspecified atom stereocenters. The summed E-state index contributed by atoms with van der Waals surface area (Å²) in [5.74, 6) is 1.39. The Morgan fingerprint density at radius 3 is 2.53 bits per heavy atom. The van der Waals surface area contributed by atoms with E-state index in [4.69, 9.17) is 9.47 Å². The van der Waals surface area contributed by atoms with Crippen LogP contribution in [0, 0.1) is 0 Å². The molecule has 94 valence electrons. The molecule has 0 aliphatic carbocycles. The third-order valence-corrected chi connectivity index (χ3v) is 3.84. The van der Waals surface area contributed by atoms with Crippen molar-refractivity contribution < 1.29 is 17.9 Å². The molecule has 6 heteroatoms. The molecule has 2 rings (SSSR count). The van der Waals surface area contributed by atoms with Crippen molar-refractivity contribution in [3.05, 3.63) is 23.8 Å². The van der Waals surface area contributed by atoms with E-state index >= 15 is 0 Å². The van der Waals surface area contributed by atoms with E-state index in [2.05, 4.69) is 0 Å². The summed E-state index contributed by atoms with van der Waals surface area (Å²) in [5.41, 5.74) is 0.877. The van der Waals surface area contributed by atoms with E-state index in [1.54, 1.807) is 13.1 Å². The third kappa shape index (κ3) is 2.89. The van der Waals surface area contributed by atoms with Crippen LogP contribution in [0.15, 0.2) is 18.2 Å². The predicted octanol–water partition coefficient (Wildman–Crippen LogP) is 0.849. The van der Waals surface area contributed by atoms with Gasteiger partial charge in [-0.2, -0.15) is 0 Å².